The summed E-state index contributed by atoms with van der Waals surface area (Å²) in [6.07, 6.45) is 1.43. The monoisotopic (exact) mass is 534 g/mol. The first-order valence-corrected chi connectivity index (χ1v) is 13.7. The minimum absolute atomic E-state index is 0.120. The quantitative estimate of drug-likeness (QED) is 0.404. The van der Waals surface area contributed by atoms with E-state index in [0.717, 1.165) is 0 Å². The van der Waals surface area contributed by atoms with Gasteiger partial charge in [-0.15, -0.1) is 0 Å². The van der Waals surface area contributed by atoms with E-state index in [-0.39, 0.29) is 48.3 Å². The first-order valence-electron chi connectivity index (χ1n) is 13.7. The molecule has 2 saturated heterocycles. The number of carbonyl (C=O) groups excluding carboxylic acids is 2. The molecule has 1 unspecified atom stereocenters. The second-order valence-electron chi connectivity index (χ2n) is 11.7. The topological polar surface area (TPSA) is 129 Å². The molecular weight excluding hydrogens is 488 g/mol. The van der Waals surface area contributed by atoms with E-state index in [9.17, 15) is 14.7 Å². The summed E-state index contributed by atoms with van der Waals surface area (Å²) in [5.74, 6) is 0.954. The number of amides is 2. The largest absolute Gasteiger partial charge is 0.389 e. The standard InChI is InChI=1S/C27H46N6O5/c1-18(2)16-33(20-11-19(12-28-13-20)24(35)32-7-9-38-10-8-32)25(36)22-15-30-26(27(3,4)5)31-23(22)29-14-21(34)17-37-6/h15,18-21,28,34H,7-14,16-17H2,1-6H3,(H,29,30,31)/t19-,20+,21?/m1/s1. The van der Waals surface area contributed by atoms with Gasteiger partial charge in [-0.25, -0.2) is 9.97 Å². The molecule has 38 heavy (non-hydrogen) atoms. The minimum atomic E-state index is -0.753. The van der Waals surface area contributed by atoms with Crippen LogP contribution in [0.1, 0.15) is 57.2 Å². The maximum atomic E-state index is 14.1. The van der Waals surface area contributed by atoms with Crippen molar-refractivity contribution in [3.8, 4) is 0 Å². The van der Waals surface area contributed by atoms with Gasteiger partial charge in [-0.1, -0.05) is 34.6 Å². The summed E-state index contributed by atoms with van der Waals surface area (Å²) < 4.78 is 10.4. The molecule has 0 spiro atoms. The predicted octanol–water partition coefficient (Wildman–Crippen LogP) is 1.13. The highest BCUT2D eigenvalue weighted by molar-refractivity contribution is 5.98. The zero-order chi connectivity index (χ0) is 27.9. The smallest absolute Gasteiger partial charge is 0.259 e. The van der Waals surface area contributed by atoms with E-state index in [0.29, 0.717) is 69.6 Å². The van der Waals surface area contributed by atoms with Gasteiger partial charge in [-0.3, -0.25) is 9.59 Å². The van der Waals surface area contributed by atoms with Crippen LogP contribution in [0, 0.1) is 11.8 Å². The lowest BCUT2D eigenvalue weighted by atomic mass is 9.92. The number of rotatable bonds is 10. The van der Waals surface area contributed by atoms with Crippen molar-refractivity contribution in [1.29, 1.82) is 0 Å². The van der Waals surface area contributed by atoms with E-state index in [1.165, 1.54) is 7.11 Å². The molecule has 0 aromatic carbocycles. The third-order valence-electron chi connectivity index (χ3n) is 6.82. The van der Waals surface area contributed by atoms with Gasteiger partial charge in [-0.2, -0.15) is 0 Å². The number of morpholine rings is 1. The Balaban J connectivity index is 1.86. The number of aliphatic hydroxyl groups is 1. The fraction of sp³-hybridized carbons (Fsp3) is 0.778. The third kappa shape index (κ3) is 8.08. The van der Waals surface area contributed by atoms with Crippen molar-refractivity contribution >= 4 is 17.6 Å². The number of aliphatic hydroxyl groups excluding tert-OH is 1. The van der Waals surface area contributed by atoms with E-state index < -0.39 is 6.10 Å². The molecule has 3 atom stereocenters. The Bertz CT molecular complexity index is 931. The highest BCUT2D eigenvalue weighted by Crippen LogP contribution is 2.26. The second kappa shape index (κ2) is 13.6. The van der Waals surface area contributed by atoms with Gasteiger partial charge in [0.25, 0.3) is 5.91 Å². The van der Waals surface area contributed by atoms with Crippen molar-refractivity contribution in [3.63, 3.8) is 0 Å². The lowest BCUT2D eigenvalue weighted by Gasteiger charge is -2.40. The zero-order valence-corrected chi connectivity index (χ0v) is 23.8. The Morgan fingerprint density at radius 2 is 2.00 bits per heavy atom. The number of ether oxygens (including phenoxy) is 2. The number of hydrogen-bond acceptors (Lipinski definition) is 9. The van der Waals surface area contributed by atoms with Crippen LogP contribution in [0.2, 0.25) is 0 Å². The number of nitrogens with one attached hydrogen (secondary N) is 2. The molecule has 11 nitrogen and oxygen atoms in total. The third-order valence-corrected chi connectivity index (χ3v) is 6.82. The number of aromatic nitrogens is 2. The number of anilines is 1. The van der Waals surface area contributed by atoms with Gasteiger partial charge >= 0.3 is 0 Å². The van der Waals surface area contributed by atoms with Gasteiger partial charge < -0.3 is 35.0 Å². The van der Waals surface area contributed by atoms with E-state index in [4.69, 9.17) is 14.5 Å². The fourth-order valence-electron chi connectivity index (χ4n) is 4.83. The van der Waals surface area contributed by atoms with Crippen molar-refractivity contribution < 1.29 is 24.2 Å². The molecule has 1 aromatic heterocycles. The molecule has 3 rings (SSSR count). The number of carbonyl (C=O) groups is 2. The first kappa shape index (κ1) is 30.2. The summed E-state index contributed by atoms with van der Waals surface area (Å²) in [4.78, 5) is 40.3. The molecule has 11 heteroatoms. The maximum Gasteiger partial charge on any atom is 0.259 e. The van der Waals surface area contributed by atoms with Gasteiger partial charge in [0, 0.05) is 64.0 Å². The highest BCUT2D eigenvalue weighted by atomic mass is 16.5. The van der Waals surface area contributed by atoms with E-state index in [1.54, 1.807) is 6.20 Å². The summed E-state index contributed by atoms with van der Waals surface area (Å²) in [6, 6.07) is -0.150. The molecule has 0 radical (unpaired) electrons. The Labute approximate surface area is 226 Å². The van der Waals surface area contributed by atoms with Crippen LogP contribution in [0.15, 0.2) is 6.20 Å². The molecule has 0 aliphatic carbocycles. The predicted molar refractivity (Wildman–Crippen MR) is 145 cm³/mol. The zero-order valence-electron chi connectivity index (χ0n) is 23.8. The Morgan fingerprint density at radius 3 is 2.63 bits per heavy atom. The molecule has 2 fully saturated rings. The molecule has 1 aromatic rings. The lowest BCUT2D eigenvalue weighted by molar-refractivity contribution is -0.140. The Kier molecular flexibility index (Phi) is 10.8. The molecule has 214 valence electrons. The van der Waals surface area contributed by atoms with Crippen LogP contribution in [0.5, 0.6) is 0 Å². The molecule has 2 amide bonds. The highest BCUT2D eigenvalue weighted by Gasteiger charge is 2.36. The lowest BCUT2D eigenvalue weighted by Crippen LogP contribution is -2.56. The summed E-state index contributed by atoms with van der Waals surface area (Å²) in [6.45, 7) is 14.6. The maximum absolute atomic E-state index is 14.1. The minimum Gasteiger partial charge on any atom is -0.389 e. The van der Waals surface area contributed by atoms with Crippen LogP contribution in [0.3, 0.4) is 0 Å². The van der Waals surface area contributed by atoms with Crippen LogP contribution >= 0.6 is 0 Å². The van der Waals surface area contributed by atoms with Crippen molar-refractivity contribution in [1.82, 2.24) is 25.1 Å². The van der Waals surface area contributed by atoms with Gasteiger partial charge in [-0.05, 0) is 12.3 Å². The molecule has 2 aliphatic rings. The number of hydrogen-bond donors (Lipinski definition) is 3. The number of piperidine rings is 1. The van der Waals surface area contributed by atoms with Gasteiger partial charge in [0.05, 0.1) is 31.8 Å². The van der Waals surface area contributed by atoms with Crippen LogP contribution in [0.4, 0.5) is 5.82 Å². The summed E-state index contributed by atoms with van der Waals surface area (Å²) >= 11 is 0. The summed E-state index contributed by atoms with van der Waals surface area (Å²) in [5, 5.41) is 16.8. The molecule has 3 heterocycles. The van der Waals surface area contributed by atoms with E-state index in [2.05, 4.69) is 29.5 Å². The van der Waals surface area contributed by atoms with Crippen LogP contribution < -0.4 is 10.6 Å². The molecule has 0 bridgehead atoms. The molecular formula is C27H46N6O5. The van der Waals surface area contributed by atoms with Gasteiger partial charge in [0.15, 0.2) is 0 Å². The Hall–Kier alpha value is -2.34. The van der Waals surface area contributed by atoms with Crippen LogP contribution in [0.25, 0.3) is 0 Å². The van der Waals surface area contributed by atoms with Crippen molar-refractivity contribution in [3.05, 3.63) is 17.6 Å². The van der Waals surface area contributed by atoms with Crippen LogP contribution in [-0.2, 0) is 19.7 Å². The number of methoxy groups -OCH3 is 1. The van der Waals surface area contributed by atoms with Crippen molar-refractivity contribution in [2.75, 3.05) is 71.5 Å². The average Bonchev–Trinajstić information content (AvgIpc) is 2.89. The average molecular weight is 535 g/mol. The van der Waals surface area contributed by atoms with Crippen molar-refractivity contribution in [2.24, 2.45) is 11.8 Å². The number of nitrogens with zero attached hydrogens (tertiary/aromatic N) is 4. The summed E-state index contributed by atoms with van der Waals surface area (Å²) in [5.41, 5.74) is 0.0334. The molecule has 0 saturated carbocycles. The second-order valence-corrected chi connectivity index (χ2v) is 11.7. The Morgan fingerprint density at radius 1 is 1.29 bits per heavy atom. The summed E-state index contributed by atoms with van der Waals surface area (Å²) in [7, 11) is 1.53. The fourth-order valence-corrected chi connectivity index (χ4v) is 4.83. The van der Waals surface area contributed by atoms with Gasteiger partial charge in [0.2, 0.25) is 5.91 Å². The SMILES string of the molecule is COCC(O)CNc1nc(C(C)(C)C)ncc1C(=O)N(CC(C)C)[C@@H]1CNC[C@H](C(=O)N2CCOCC2)C1. The van der Waals surface area contributed by atoms with E-state index in [1.807, 2.05) is 30.6 Å². The molecule has 3 N–H and O–H groups in total. The normalized spacial score (nSPS) is 21.3. The van der Waals surface area contributed by atoms with Crippen LogP contribution in [-0.4, -0.2) is 115 Å². The molecule has 2 aliphatic heterocycles. The first-order chi connectivity index (χ1) is 18.0. The van der Waals surface area contributed by atoms with E-state index >= 15 is 0 Å². The van der Waals surface area contributed by atoms with Gasteiger partial charge in [0.1, 0.15) is 17.2 Å². The van der Waals surface area contributed by atoms with Crippen molar-refractivity contribution in [2.45, 2.75) is 58.6 Å².